The molecule has 0 saturated heterocycles. The maximum absolute atomic E-state index is 12.7. The third kappa shape index (κ3) is 4.68. The molecule has 0 bridgehead atoms. The molecular weight excluding hydrogens is 424 g/mol. The van der Waals surface area contributed by atoms with Gasteiger partial charge in [-0.2, -0.15) is 0 Å². The Labute approximate surface area is 191 Å². The number of rotatable bonds is 7. The highest BCUT2D eigenvalue weighted by atomic mass is 35.5. The van der Waals surface area contributed by atoms with E-state index in [1.165, 1.54) is 0 Å². The number of hydrogen-bond acceptors (Lipinski definition) is 3. The molecule has 0 spiro atoms. The van der Waals surface area contributed by atoms with Gasteiger partial charge in [-0.3, -0.25) is 9.59 Å². The highest BCUT2D eigenvalue weighted by Gasteiger charge is 2.15. The second-order valence-electron chi connectivity index (χ2n) is 7.31. The molecule has 0 saturated carbocycles. The van der Waals surface area contributed by atoms with Crippen molar-refractivity contribution in [3.63, 3.8) is 0 Å². The minimum absolute atomic E-state index is 0.225. The topological polar surface area (TPSA) is 60.3 Å². The molecule has 0 radical (unpaired) electrons. The number of anilines is 1. The molecule has 4 rings (SSSR count). The van der Waals surface area contributed by atoms with Crippen molar-refractivity contribution in [1.29, 1.82) is 0 Å². The van der Waals surface area contributed by atoms with Gasteiger partial charge < -0.3 is 14.6 Å². The number of aryl methyl sites for hydroxylation is 1. The van der Waals surface area contributed by atoms with Crippen molar-refractivity contribution in [2.24, 2.45) is 0 Å². The van der Waals surface area contributed by atoms with Crippen molar-refractivity contribution in [2.45, 2.75) is 19.9 Å². The van der Waals surface area contributed by atoms with Gasteiger partial charge >= 0.3 is 5.97 Å². The van der Waals surface area contributed by atoms with E-state index in [-0.39, 0.29) is 18.3 Å². The average Bonchev–Trinajstić information content (AvgIpc) is 3.16. The molecule has 3 aromatic carbocycles. The lowest BCUT2D eigenvalue weighted by Crippen LogP contribution is -2.12. The van der Waals surface area contributed by atoms with Gasteiger partial charge in [0.05, 0.1) is 23.6 Å². The predicted octanol–water partition coefficient (Wildman–Crippen LogP) is 6.17. The summed E-state index contributed by atoms with van der Waals surface area (Å²) in [5.74, 6) is -0.489. The van der Waals surface area contributed by atoms with Crippen molar-refractivity contribution < 1.29 is 14.3 Å². The molecule has 1 N–H and O–H groups in total. The van der Waals surface area contributed by atoms with Gasteiger partial charge in [0.1, 0.15) is 0 Å². The molecule has 0 aliphatic heterocycles. The van der Waals surface area contributed by atoms with Crippen LogP contribution in [0.1, 0.15) is 23.7 Å². The lowest BCUT2D eigenvalue weighted by atomic mass is 10.1. The molecular formula is C26H23ClN2O3. The van der Waals surface area contributed by atoms with E-state index in [1.54, 1.807) is 31.2 Å². The van der Waals surface area contributed by atoms with Gasteiger partial charge in [-0.05, 0) is 48.9 Å². The third-order valence-electron chi connectivity index (χ3n) is 5.19. The zero-order valence-electron chi connectivity index (χ0n) is 17.7. The van der Waals surface area contributed by atoms with Crippen LogP contribution in [0.2, 0.25) is 5.02 Å². The number of nitrogens with zero attached hydrogens (tertiary/aromatic N) is 1. The fraction of sp³-hybridized carbons (Fsp3) is 0.154. The van der Waals surface area contributed by atoms with E-state index in [0.717, 1.165) is 22.2 Å². The van der Waals surface area contributed by atoms with Gasteiger partial charge in [-0.15, -0.1) is 0 Å². The molecule has 162 valence electrons. The predicted molar refractivity (Wildman–Crippen MR) is 128 cm³/mol. The Balaban J connectivity index is 1.68. The fourth-order valence-electron chi connectivity index (χ4n) is 3.72. The van der Waals surface area contributed by atoms with E-state index in [2.05, 4.69) is 16.0 Å². The maximum atomic E-state index is 12.7. The van der Waals surface area contributed by atoms with Crippen molar-refractivity contribution in [2.75, 3.05) is 11.9 Å². The van der Waals surface area contributed by atoms with Gasteiger partial charge in [0, 0.05) is 28.8 Å². The van der Waals surface area contributed by atoms with Crippen LogP contribution < -0.4 is 5.32 Å². The Hall–Kier alpha value is -3.57. The Bertz CT molecular complexity index is 1260. The highest BCUT2D eigenvalue weighted by molar-refractivity contribution is 6.34. The van der Waals surface area contributed by atoms with Crippen LogP contribution >= 0.6 is 11.6 Å². The number of hydrogen-bond donors (Lipinski definition) is 1. The second-order valence-corrected chi connectivity index (χ2v) is 7.72. The molecule has 32 heavy (non-hydrogen) atoms. The zero-order chi connectivity index (χ0) is 22.5. The summed E-state index contributed by atoms with van der Waals surface area (Å²) in [6.07, 6.45) is 0.280. The normalized spacial score (nSPS) is 10.8. The van der Waals surface area contributed by atoms with E-state index in [0.29, 0.717) is 29.4 Å². The SMILES string of the molecule is CCOC(=O)CCn1c(-c2ccccc2)cc2cc(NC(=O)c3ccccc3Cl)ccc21. The first-order chi connectivity index (χ1) is 15.6. The number of aromatic nitrogens is 1. The van der Waals surface area contributed by atoms with E-state index < -0.39 is 0 Å². The number of esters is 1. The number of nitrogens with one attached hydrogen (secondary N) is 1. The van der Waals surface area contributed by atoms with Crippen LogP contribution in [0.5, 0.6) is 0 Å². The lowest BCUT2D eigenvalue weighted by molar-refractivity contribution is -0.143. The monoisotopic (exact) mass is 446 g/mol. The third-order valence-corrected chi connectivity index (χ3v) is 5.52. The zero-order valence-corrected chi connectivity index (χ0v) is 18.4. The second kappa shape index (κ2) is 9.71. The first-order valence-electron chi connectivity index (χ1n) is 10.5. The number of fused-ring (bicyclic) bond motifs is 1. The molecule has 1 aromatic heterocycles. The minimum atomic E-state index is -0.264. The Morgan fingerprint density at radius 3 is 2.47 bits per heavy atom. The lowest BCUT2D eigenvalue weighted by Gasteiger charge is -2.11. The van der Waals surface area contributed by atoms with Crippen LogP contribution in [0, 0.1) is 0 Å². The summed E-state index contributed by atoms with van der Waals surface area (Å²) in [6, 6.07) is 24.8. The number of carbonyl (C=O) groups excluding carboxylic acids is 2. The van der Waals surface area contributed by atoms with Gasteiger partial charge in [0.15, 0.2) is 0 Å². The first kappa shape index (κ1) is 21.7. The number of benzene rings is 3. The molecule has 6 heteroatoms. The highest BCUT2D eigenvalue weighted by Crippen LogP contribution is 2.31. The molecule has 5 nitrogen and oxygen atoms in total. The van der Waals surface area contributed by atoms with Crippen LogP contribution in [-0.2, 0) is 16.1 Å². The number of carbonyl (C=O) groups is 2. The molecule has 0 fully saturated rings. The summed E-state index contributed by atoms with van der Waals surface area (Å²) in [5.41, 5.74) is 4.12. The van der Waals surface area contributed by atoms with Crippen LogP contribution in [0.4, 0.5) is 5.69 Å². The molecule has 0 atom stereocenters. The first-order valence-corrected chi connectivity index (χ1v) is 10.8. The van der Waals surface area contributed by atoms with Crippen molar-refractivity contribution >= 4 is 40.1 Å². The molecule has 4 aromatic rings. The van der Waals surface area contributed by atoms with E-state index in [4.69, 9.17) is 16.3 Å². The van der Waals surface area contributed by atoms with Crippen LogP contribution in [0.15, 0.2) is 78.9 Å². The number of halogens is 1. The van der Waals surface area contributed by atoms with Crippen LogP contribution in [-0.4, -0.2) is 23.1 Å². The Morgan fingerprint density at radius 2 is 1.72 bits per heavy atom. The Kier molecular flexibility index (Phi) is 6.57. The summed E-state index contributed by atoms with van der Waals surface area (Å²) < 4.78 is 7.21. The van der Waals surface area contributed by atoms with Crippen LogP contribution in [0.25, 0.3) is 22.2 Å². The van der Waals surface area contributed by atoms with E-state index >= 15 is 0 Å². The summed E-state index contributed by atoms with van der Waals surface area (Å²) in [7, 11) is 0. The number of amides is 1. The quantitative estimate of drug-likeness (QED) is 0.345. The fourth-order valence-corrected chi connectivity index (χ4v) is 3.94. The van der Waals surface area contributed by atoms with Crippen molar-refractivity contribution in [3.05, 3.63) is 89.4 Å². The largest absolute Gasteiger partial charge is 0.466 e. The molecule has 0 aliphatic rings. The van der Waals surface area contributed by atoms with Gasteiger partial charge in [0.2, 0.25) is 0 Å². The van der Waals surface area contributed by atoms with Gasteiger partial charge in [-0.25, -0.2) is 0 Å². The summed E-state index contributed by atoms with van der Waals surface area (Å²) >= 11 is 6.15. The number of ether oxygens (including phenoxy) is 1. The van der Waals surface area contributed by atoms with E-state index in [1.807, 2.05) is 48.5 Å². The standard InChI is InChI=1S/C26H23ClN2O3/c1-2-32-25(30)14-15-29-23-13-12-20(28-26(31)21-10-6-7-11-22(21)27)16-19(23)17-24(29)18-8-4-3-5-9-18/h3-13,16-17H,2,14-15H2,1H3,(H,28,31). The maximum Gasteiger partial charge on any atom is 0.307 e. The molecule has 0 unspecified atom stereocenters. The smallest absolute Gasteiger partial charge is 0.307 e. The van der Waals surface area contributed by atoms with Gasteiger partial charge in [-0.1, -0.05) is 54.1 Å². The molecule has 1 heterocycles. The Morgan fingerprint density at radius 1 is 0.969 bits per heavy atom. The van der Waals surface area contributed by atoms with Crippen LogP contribution in [0.3, 0.4) is 0 Å². The minimum Gasteiger partial charge on any atom is -0.466 e. The average molecular weight is 447 g/mol. The summed E-state index contributed by atoms with van der Waals surface area (Å²) in [4.78, 5) is 24.6. The summed E-state index contributed by atoms with van der Waals surface area (Å²) in [6.45, 7) is 2.67. The molecule has 0 aliphatic carbocycles. The summed E-state index contributed by atoms with van der Waals surface area (Å²) in [5, 5.41) is 4.29. The van der Waals surface area contributed by atoms with Gasteiger partial charge in [0.25, 0.3) is 5.91 Å². The van der Waals surface area contributed by atoms with Crippen molar-refractivity contribution in [1.82, 2.24) is 4.57 Å². The van der Waals surface area contributed by atoms with E-state index in [9.17, 15) is 9.59 Å². The molecule has 1 amide bonds. The van der Waals surface area contributed by atoms with Crippen molar-refractivity contribution in [3.8, 4) is 11.3 Å².